The van der Waals surface area contributed by atoms with E-state index in [1.165, 1.54) is 12.0 Å². The van der Waals surface area contributed by atoms with Gasteiger partial charge in [-0.15, -0.1) is 5.10 Å². The minimum atomic E-state index is -0.166. The number of nitrogens with two attached hydrogens (primary N) is 1. The second-order valence-electron chi connectivity index (χ2n) is 8.84. The van der Waals surface area contributed by atoms with E-state index in [2.05, 4.69) is 53.8 Å². The molecule has 2 aliphatic carbocycles. The number of rotatable bonds is 5. The second kappa shape index (κ2) is 6.89. The number of benzene rings is 2. The number of nitrogens with one attached hydrogen (secondary N) is 1. The lowest BCUT2D eigenvalue weighted by atomic mass is 9.72. The second-order valence-corrected chi connectivity index (χ2v) is 8.84. The fourth-order valence-electron chi connectivity index (χ4n) is 4.55. The topological polar surface area (TPSA) is 81.1 Å². The highest BCUT2D eigenvalue weighted by Crippen LogP contribution is 2.42. The third-order valence-electron chi connectivity index (χ3n) is 6.72. The predicted molar refractivity (Wildman–Crippen MR) is 123 cm³/mol. The highest BCUT2D eigenvalue weighted by Gasteiger charge is 2.34. The van der Waals surface area contributed by atoms with Crippen LogP contribution in [0.2, 0.25) is 0 Å². The van der Waals surface area contributed by atoms with Gasteiger partial charge in [-0.25, -0.2) is 4.98 Å². The molecule has 2 aromatic heterocycles. The van der Waals surface area contributed by atoms with Gasteiger partial charge in [0.25, 0.3) is 5.78 Å². The van der Waals surface area contributed by atoms with Crippen molar-refractivity contribution in [3.63, 3.8) is 0 Å². The number of aromatic nitrogens is 4. The normalized spacial score (nSPS) is 17.5. The Morgan fingerprint density at radius 1 is 0.968 bits per heavy atom. The standard InChI is InChI=1S/C25H26N6/c1-27-23-20(16-6-3-2-4-7-16)21(28-24-29-22(18-8-9-18)30-31(23)24)17-10-12-19(13-11-17)25(26)14-5-15-25/h2-4,6-7,10-13,18,27H,5,8-9,14-15,26H2,1H3. The van der Waals surface area contributed by atoms with Crippen LogP contribution in [-0.2, 0) is 5.54 Å². The van der Waals surface area contributed by atoms with Gasteiger partial charge in [-0.2, -0.15) is 9.50 Å². The first-order valence-electron chi connectivity index (χ1n) is 11.1. The van der Waals surface area contributed by atoms with Gasteiger partial charge in [0.1, 0.15) is 5.82 Å². The van der Waals surface area contributed by atoms with Gasteiger partial charge in [0.15, 0.2) is 5.82 Å². The lowest BCUT2D eigenvalue weighted by molar-refractivity contribution is 0.253. The SMILES string of the molecule is CNc1c(-c2ccccc2)c(-c2ccc(C3(N)CCC3)cc2)nc2nc(C3CC3)nn12. The number of hydrogen-bond donors (Lipinski definition) is 2. The smallest absolute Gasteiger partial charge is 0.254 e. The third-order valence-corrected chi connectivity index (χ3v) is 6.72. The van der Waals surface area contributed by atoms with E-state index in [0.717, 1.165) is 59.7 Å². The molecule has 31 heavy (non-hydrogen) atoms. The summed E-state index contributed by atoms with van der Waals surface area (Å²) in [4.78, 5) is 9.77. The molecule has 156 valence electrons. The number of hydrogen-bond acceptors (Lipinski definition) is 5. The van der Waals surface area contributed by atoms with Crippen LogP contribution in [0, 0.1) is 0 Å². The molecule has 6 heteroatoms. The minimum Gasteiger partial charge on any atom is -0.372 e. The Bertz CT molecular complexity index is 1250. The van der Waals surface area contributed by atoms with Crippen molar-refractivity contribution in [3.8, 4) is 22.4 Å². The summed E-state index contributed by atoms with van der Waals surface area (Å²) in [5.41, 5.74) is 11.7. The van der Waals surface area contributed by atoms with Gasteiger partial charge in [0, 0.05) is 24.1 Å². The molecule has 0 spiro atoms. The molecular formula is C25H26N6. The van der Waals surface area contributed by atoms with Crippen LogP contribution < -0.4 is 11.1 Å². The molecule has 0 amide bonds. The molecule has 2 saturated carbocycles. The van der Waals surface area contributed by atoms with Crippen molar-refractivity contribution in [2.75, 3.05) is 12.4 Å². The molecule has 2 fully saturated rings. The van der Waals surface area contributed by atoms with E-state index in [-0.39, 0.29) is 5.54 Å². The van der Waals surface area contributed by atoms with E-state index in [0.29, 0.717) is 11.7 Å². The van der Waals surface area contributed by atoms with Crippen molar-refractivity contribution in [2.24, 2.45) is 5.73 Å². The molecule has 0 saturated heterocycles. The zero-order valence-corrected chi connectivity index (χ0v) is 17.7. The van der Waals surface area contributed by atoms with Gasteiger partial charge >= 0.3 is 0 Å². The largest absolute Gasteiger partial charge is 0.372 e. The molecule has 0 radical (unpaired) electrons. The summed E-state index contributed by atoms with van der Waals surface area (Å²) in [5, 5.41) is 8.17. The summed E-state index contributed by atoms with van der Waals surface area (Å²) in [6.07, 6.45) is 5.63. The van der Waals surface area contributed by atoms with E-state index in [9.17, 15) is 0 Å². The summed E-state index contributed by atoms with van der Waals surface area (Å²) < 4.78 is 1.86. The van der Waals surface area contributed by atoms with Crippen molar-refractivity contribution in [3.05, 3.63) is 66.0 Å². The van der Waals surface area contributed by atoms with Crippen LogP contribution in [-0.4, -0.2) is 26.6 Å². The quantitative estimate of drug-likeness (QED) is 0.498. The first-order valence-corrected chi connectivity index (χ1v) is 11.1. The summed E-state index contributed by atoms with van der Waals surface area (Å²) >= 11 is 0. The Morgan fingerprint density at radius 2 is 1.71 bits per heavy atom. The summed E-state index contributed by atoms with van der Waals surface area (Å²) in [6.45, 7) is 0. The van der Waals surface area contributed by atoms with Gasteiger partial charge in [-0.3, -0.25) is 0 Å². The fourth-order valence-corrected chi connectivity index (χ4v) is 4.55. The molecule has 2 aromatic carbocycles. The van der Waals surface area contributed by atoms with Crippen molar-refractivity contribution in [1.29, 1.82) is 0 Å². The Morgan fingerprint density at radius 3 is 2.32 bits per heavy atom. The number of fused-ring (bicyclic) bond motifs is 1. The van der Waals surface area contributed by atoms with Crippen molar-refractivity contribution < 1.29 is 0 Å². The molecule has 0 atom stereocenters. The molecule has 6 rings (SSSR count). The van der Waals surface area contributed by atoms with Gasteiger partial charge in [0.05, 0.1) is 11.3 Å². The van der Waals surface area contributed by atoms with Crippen LogP contribution >= 0.6 is 0 Å². The van der Waals surface area contributed by atoms with Gasteiger partial charge in [-0.05, 0) is 43.2 Å². The summed E-state index contributed by atoms with van der Waals surface area (Å²) in [6, 6.07) is 19.0. The molecule has 3 N–H and O–H groups in total. The maximum Gasteiger partial charge on any atom is 0.254 e. The molecular weight excluding hydrogens is 384 g/mol. The van der Waals surface area contributed by atoms with Crippen molar-refractivity contribution in [1.82, 2.24) is 19.6 Å². The van der Waals surface area contributed by atoms with Crippen LogP contribution in [0.15, 0.2) is 54.6 Å². The lowest BCUT2D eigenvalue weighted by Crippen LogP contribution is -2.43. The molecule has 0 unspecified atom stereocenters. The predicted octanol–water partition coefficient (Wildman–Crippen LogP) is 4.72. The molecule has 4 aromatic rings. The first-order chi connectivity index (χ1) is 15.2. The van der Waals surface area contributed by atoms with E-state index in [4.69, 9.17) is 20.8 Å². The van der Waals surface area contributed by atoms with Crippen LogP contribution in [0.1, 0.15) is 49.4 Å². The molecule has 0 bridgehead atoms. The van der Waals surface area contributed by atoms with Crippen LogP contribution in [0.25, 0.3) is 28.2 Å². The summed E-state index contributed by atoms with van der Waals surface area (Å²) in [7, 11) is 1.93. The van der Waals surface area contributed by atoms with E-state index in [1.807, 2.05) is 17.6 Å². The Labute approximate surface area is 181 Å². The average molecular weight is 411 g/mol. The minimum absolute atomic E-state index is 0.166. The van der Waals surface area contributed by atoms with E-state index in [1.54, 1.807) is 0 Å². The highest BCUT2D eigenvalue weighted by atomic mass is 15.4. The Balaban J connectivity index is 1.56. The van der Waals surface area contributed by atoms with Gasteiger partial charge in [0.2, 0.25) is 0 Å². The number of anilines is 1. The third kappa shape index (κ3) is 3.01. The van der Waals surface area contributed by atoms with Crippen molar-refractivity contribution >= 4 is 11.6 Å². The zero-order valence-electron chi connectivity index (χ0n) is 17.7. The van der Waals surface area contributed by atoms with Crippen molar-refractivity contribution in [2.45, 2.75) is 43.6 Å². The Kier molecular flexibility index (Phi) is 4.11. The highest BCUT2D eigenvalue weighted by molar-refractivity contribution is 5.89. The lowest BCUT2D eigenvalue weighted by Gasteiger charge is -2.38. The first kappa shape index (κ1) is 18.5. The van der Waals surface area contributed by atoms with Crippen LogP contribution in [0.5, 0.6) is 0 Å². The Hall–Kier alpha value is -3.25. The van der Waals surface area contributed by atoms with Gasteiger partial charge in [-0.1, -0.05) is 54.6 Å². The number of nitrogens with zero attached hydrogens (tertiary/aromatic N) is 4. The molecule has 2 aliphatic rings. The van der Waals surface area contributed by atoms with Crippen LogP contribution in [0.4, 0.5) is 5.82 Å². The summed E-state index contributed by atoms with van der Waals surface area (Å²) in [5.74, 6) is 2.91. The molecule has 2 heterocycles. The molecule has 6 nitrogen and oxygen atoms in total. The average Bonchev–Trinajstić information content (AvgIpc) is 3.56. The van der Waals surface area contributed by atoms with E-state index < -0.39 is 0 Å². The molecule has 0 aliphatic heterocycles. The maximum atomic E-state index is 6.54. The maximum absolute atomic E-state index is 6.54. The van der Waals surface area contributed by atoms with Gasteiger partial charge < -0.3 is 11.1 Å². The fraction of sp³-hybridized carbons (Fsp3) is 0.320. The van der Waals surface area contributed by atoms with E-state index >= 15 is 0 Å². The van der Waals surface area contributed by atoms with Crippen LogP contribution in [0.3, 0.4) is 0 Å². The zero-order chi connectivity index (χ0) is 21.0. The monoisotopic (exact) mass is 410 g/mol.